The highest BCUT2D eigenvalue weighted by molar-refractivity contribution is 7.89. The van der Waals surface area contributed by atoms with E-state index >= 15 is 0 Å². The predicted octanol–water partition coefficient (Wildman–Crippen LogP) is 0.735. The van der Waals surface area contributed by atoms with Gasteiger partial charge in [-0.25, -0.2) is 13.1 Å². The summed E-state index contributed by atoms with van der Waals surface area (Å²) in [5.74, 6) is -1.09. The van der Waals surface area contributed by atoms with Gasteiger partial charge < -0.3 is 9.52 Å². The van der Waals surface area contributed by atoms with E-state index in [1.54, 1.807) is 19.1 Å². The van der Waals surface area contributed by atoms with Crippen LogP contribution in [0, 0.1) is 0 Å². The first-order chi connectivity index (χ1) is 7.41. The number of hydrogen-bond donors (Lipinski definition) is 2. The summed E-state index contributed by atoms with van der Waals surface area (Å²) >= 11 is 0. The standard InChI is InChI=1S/C9H13NO5S/c1-7(8-3-2-5-15-8)10-16(13,14)6-4-9(11)12/h2-3,5,7,10H,4,6H2,1H3,(H,11,12)/t7-/m0/s1. The van der Waals surface area contributed by atoms with Gasteiger partial charge in [0.15, 0.2) is 0 Å². The van der Waals surface area contributed by atoms with E-state index < -0.39 is 34.2 Å². The summed E-state index contributed by atoms with van der Waals surface area (Å²) in [6, 6.07) is 2.79. The molecule has 0 amide bonds. The summed E-state index contributed by atoms with van der Waals surface area (Å²) in [4.78, 5) is 10.2. The maximum absolute atomic E-state index is 11.4. The first kappa shape index (κ1) is 12.7. The van der Waals surface area contributed by atoms with Crippen LogP contribution in [0.5, 0.6) is 0 Å². The maximum atomic E-state index is 11.4. The summed E-state index contributed by atoms with van der Waals surface area (Å²) in [6.45, 7) is 1.62. The Morgan fingerprint density at radius 2 is 2.31 bits per heavy atom. The Labute approximate surface area is 93.3 Å². The Morgan fingerprint density at radius 1 is 1.62 bits per heavy atom. The van der Waals surface area contributed by atoms with Crippen LogP contribution in [0.2, 0.25) is 0 Å². The molecule has 1 atom stereocenters. The largest absolute Gasteiger partial charge is 0.481 e. The lowest BCUT2D eigenvalue weighted by Crippen LogP contribution is -2.29. The highest BCUT2D eigenvalue weighted by atomic mass is 32.2. The average Bonchev–Trinajstić information content (AvgIpc) is 2.67. The Hall–Kier alpha value is -1.34. The van der Waals surface area contributed by atoms with Crippen molar-refractivity contribution in [2.24, 2.45) is 0 Å². The van der Waals surface area contributed by atoms with Gasteiger partial charge >= 0.3 is 5.97 Å². The molecule has 0 aliphatic carbocycles. The van der Waals surface area contributed by atoms with Crippen molar-refractivity contribution in [1.82, 2.24) is 4.72 Å². The number of hydrogen-bond acceptors (Lipinski definition) is 4. The van der Waals surface area contributed by atoms with Crippen molar-refractivity contribution in [1.29, 1.82) is 0 Å². The van der Waals surface area contributed by atoms with Crippen LogP contribution in [0.4, 0.5) is 0 Å². The normalized spacial score (nSPS) is 13.6. The van der Waals surface area contributed by atoms with E-state index in [-0.39, 0.29) is 0 Å². The molecule has 0 fully saturated rings. The molecule has 0 aliphatic rings. The molecule has 6 nitrogen and oxygen atoms in total. The average molecular weight is 247 g/mol. The number of carboxylic acids is 1. The number of aliphatic carboxylic acids is 1. The third-order valence-corrected chi connectivity index (χ3v) is 3.37. The maximum Gasteiger partial charge on any atom is 0.304 e. The molecule has 90 valence electrons. The van der Waals surface area contributed by atoms with Crippen LogP contribution in [0.1, 0.15) is 25.1 Å². The zero-order chi connectivity index (χ0) is 12.2. The number of sulfonamides is 1. The molecule has 0 saturated carbocycles. The van der Waals surface area contributed by atoms with Gasteiger partial charge in [-0.05, 0) is 19.1 Å². The van der Waals surface area contributed by atoms with Gasteiger partial charge in [0.05, 0.1) is 24.5 Å². The molecule has 0 spiro atoms. The van der Waals surface area contributed by atoms with Crippen molar-refractivity contribution < 1.29 is 22.7 Å². The topological polar surface area (TPSA) is 96.6 Å². The molecular weight excluding hydrogens is 234 g/mol. The molecule has 1 aromatic rings. The summed E-state index contributed by atoms with van der Waals surface area (Å²) < 4.78 is 30.2. The first-order valence-electron chi connectivity index (χ1n) is 4.66. The monoisotopic (exact) mass is 247 g/mol. The minimum atomic E-state index is -3.59. The van der Waals surface area contributed by atoms with Gasteiger partial charge in [-0.3, -0.25) is 4.79 Å². The molecule has 0 unspecified atom stereocenters. The Bertz CT molecular complexity index is 436. The van der Waals surface area contributed by atoms with Crippen LogP contribution < -0.4 is 4.72 Å². The van der Waals surface area contributed by atoms with E-state index in [2.05, 4.69) is 4.72 Å². The van der Waals surface area contributed by atoms with E-state index in [1.165, 1.54) is 6.26 Å². The zero-order valence-electron chi connectivity index (χ0n) is 8.71. The van der Waals surface area contributed by atoms with Gasteiger partial charge in [0, 0.05) is 0 Å². The lowest BCUT2D eigenvalue weighted by molar-refractivity contribution is -0.136. The minimum absolute atomic E-state index is 0.416. The fourth-order valence-corrected chi connectivity index (χ4v) is 2.36. The van der Waals surface area contributed by atoms with Gasteiger partial charge in [-0.2, -0.15) is 0 Å². The second kappa shape index (κ2) is 5.13. The molecule has 0 aromatic carbocycles. The highest BCUT2D eigenvalue weighted by Crippen LogP contribution is 2.13. The molecule has 0 aliphatic heterocycles. The summed E-state index contributed by atoms with van der Waals surface area (Å²) in [6.07, 6.45) is 1.03. The van der Waals surface area contributed by atoms with E-state index in [1.807, 2.05) is 0 Å². The molecule has 0 saturated heterocycles. The van der Waals surface area contributed by atoms with Crippen LogP contribution in [0.3, 0.4) is 0 Å². The smallest absolute Gasteiger partial charge is 0.304 e. The fourth-order valence-electron chi connectivity index (χ4n) is 1.15. The van der Waals surface area contributed by atoms with Crippen molar-refractivity contribution in [3.63, 3.8) is 0 Å². The third-order valence-electron chi connectivity index (χ3n) is 1.91. The molecular formula is C9H13NO5S. The van der Waals surface area contributed by atoms with Crippen molar-refractivity contribution in [2.45, 2.75) is 19.4 Å². The minimum Gasteiger partial charge on any atom is -0.481 e. The Kier molecular flexibility index (Phi) is 4.08. The molecule has 16 heavy (non-hydrogen) atoms. The second-order valence-corrected chi connectivity index (χ2v) is 5.19. The number of carboxylic acid groups (broad SMARTS) is 1. The molecule has 0 bridgehead atoms. The molecule has 0 radical (unpaired) electrons. The van der Waals surface area contributed by atoms with Crippen LogP contribution in [0.15, 0.2) is 22.8 Å². The van der Waals surface area contributed by atoms with Gasteiger partial charge in [-0.15, -0.1) is 0 Å². The quantitative estimate of drug-likeness (QED) is 0.772. The number of rotatable bonds is 6. The predicted molar refractivity (Wildman–Crippen MR) is 56.3 cm³/mol. The summed E-state index contributed by atoms with van der Waals surface area (Å²) in [5.41, 5.74) is 0. The van der Waals surface area contributed by atoms with Gasteiger partial charge in [0.25, 0.3) is 0 Å². The molecule has 1 rings (SSSR count). The van der Waals surface area contributed by atoms with Gasteiger partial charge in [-0.1, -0.05) is 0 Å². The highest BCUT2D eigenvalue weighted by Gasteiger charge is 2.18. The van der Waals surface area contributed by atoms with Crippen molar-refractivity contribution in [2.75, 3.05) is 5.75 Å². The fraction of sp³-hybridized carbons (Fsp3) is 0.444. The number of furan rings is 1. The van der Waals surface area contributed by atoms with E-state index in [4.69, 9.17) is 9.52 Å². The SMILES string of the molecule is C[C@H](NS(=O)(=O)CCC(=O)O)c1ccco1. The van der Waals surface area contributed by atoms with E-state index in [0.717, 1.165) is 0 Å². The van der Waals surface area contributed by atoms with Crippen LogP contribution in [-0.4, -0.2) is 25.2 Å². The molecule has 1 aromatic heterocycles. The van der Waals surface area contributed by atoms with Gasteiger partial charge in [0.2, 0.25) is 10.0 Å². The van der Waals surface area contributed by atoms with Gasteiger partial charge in [0.1, 0.15) is 5.76 Å². The molecule has 7 heteroatoms. The lowest BCUT2D eigenvalue weighted by atomic mass is 10.3. The van der Waals surface area contributed by atoms with Crippen molar-refractivity contribution in [3.05, 3.63) is 24.2 Å². The van der Waals surface area contributed by atoms with Crippen LogP contribution >= 0.6 is 0 Å². The van der Waals surface area contributed by atoms with E-state index in [0.29, 0.717) is 5.76 Å². The Balaban J connectivity index is 2.56. The Morgan fingerprint density at radius 3 is 2.81 bits per heavy atom. The van der Waals surface area contributed by atoms with Crippen LogP contribution in [-0.2, 0) is 14.8 Å². The molecule has 2 N–H and O–H groups in total. The first-order valence-corrected chi connectivity index (χ1v) is 6.31. The van der Waals surface area contributed by atoms with Crippen molar-refractivity contribution >= 4 is 16.0 Å². The van der Waals surface area contributed by atoms with Crippen LogP contribution in [0.25, 0.3) is 0 Å². The second-order valence-electron chi connectivity index (χ2n) is 3.32. The summed E-state index contributed by atoms with van der Waals surface area (Å²) in [7, 11) is -3.59. The lowest BCUT2D eigenvalue weighted by Gasteiger charge is -2.10. The third kappa shape index (κ3) is 4.03. The zero-order valence-corrected chi connectivity index (χ0v) is 9.53. The number of nitrogens with one attached hydrogen (secondary N) is 1. The van der Waals surface area contributed by atoms with Crippen molar-refractivity contribution in [3.8, 4) is 0 Å². The van der Waals surface area contributed by atoms with E-state index in [9.17, 15) is 13.2 Å². The summed E-state index contributed by atoms with van der Waals surface area (Å²) in [5, 5.41) is 8.38. The number of carbonyl (C=O) groups is 1. The molecule has 1 heterocycles.